The fraction of sp³-hybridized carbons (Fsp3) is 0.368. The van der Waals surface area contributed by atoms with Crippen LogP contribution in [0.25, 0.3) is 0 Å². The number of rotatable bonds is 6. The Hall–Kier alpha value is -2.49. The van der Waals surface area contributed by atoms with Crippen molar-refractivity contribution in [1.82, 2.24) is 4.90 Å². The summed E-state index contributed by atoms with van der Waals surface area (Å²) in [5, 5.41) is 22.0. The number of nitro groups is 1. The molecule has 1 fully saturated rings. The lowest BCUT2D eigenvalue weighted by Gasteiger charge is -2.36. The summed E-state index contributed by atoms with van der Waals surface area (Å²) in [6.45, 7) is 2.72. The average Bonchev–Trinajstić information content (AvgIpc) is 2.68. The van der Waals surface area contributed by atoms with Crippen molar-refractivity contribution in [3.05, 3.63) is 64.2 Å². The highest BCUT2D eigenvalue weighted by atomic mass is 32.2. The van der Waals surface area contributed by atoms with E-state index in [1.165, 1.54) is 12.1 Å². The van der Waals surface area contributed by atoms with Gasteiger partial charge in [-0.15, -0.1) is 0 Å². The van der Waals surface area contributed by atoms with Crippen molar-refractivity contribution in [2.45, 2.75) is 11.0 Å². The molecule has 1 saturated heterocycles. The van der Waals surface area contributed by atoms with Crippen LogP contribution in [0.2, 0.25) is 0 Å². The minimum absolute atomic E-state index is 0.267. The largest absolute Gasteiger partial charge is 0.387 e. The van der Waals surface area contributed by atoms with Gasteiger partial charge in [-0.3, -0.25) is 15.0 Å². The maximum atomic E-state index is 11.9. The van der Waals surface area contributed by atoms with Gasteiger partial charge in [-0.2, -0.15) is 0 Å². The quantitative estimate of drug-likeness (QED) is 0.578. The van der Waals surface area contributed by atoms with E-state index in [1.807, 2.05) is 35.2 Å². The van der Waals surface area contributed by atoms with E-state index in [-0.39, 0.29) is 10.6 Å². The Bertz CT molecular complexity index is 941. The Morgan fingerprint density at radius 3 is 2.29 bits per heavy atom. The second-order valence-electron chi connectivity index (χ2n) is 6.87. The molecule has 0 amide bonds. The van der Waals surface area contributed by atoms with Crippen LogP contribution < -0.4 is 4.90 Å². The van der Waals surface area contributed by atoms with Gasteiger partial charge in [0.05, 0.1) is 11.0 Å². The summed E-state index contributed by atoms with van der Waals surface area (Å²) < 4.78 is 23.9. The molecule has 2 aromatic rings. The molecule has 1 heterocycles. The van der Waals surface area contributed by atoms with E-state index >= 15 is 0 Å². The molecule has 1 atom stereocenters. The van der Waals surface area contributed by atoms with Crippen molar-refractivity contribution in [1.29, 1.82) is 0 Å². The van der Waals surface area contributed by atoms with Crippen molar-refractivity contribution in [2.75, 3.05) is 43.9 Å². The molecule has 1 aliphatic heterocycles. The van der Waals surface area contributed by atoms with Gasteiger partial charge in [0.25, 0.3) is 0 Å². The number of para-hydroxylation sites is 1. The van der Waals surface area contributed by atoms with E-state index < -0.39 is 20.9 Å². The Kier molecular flexibility index (Phi) is 5.97. The van der Waals surface area contributed by atoms with Gasteiger partial charge in [0.1, 0.15) is 10.6 Å². The smallest absolute Gasteiger partial charge is 0.311 e. The molecule has 0 radical (unpaired) electrons. The number of hydrogen-bond donors (Lipinski definition) is 1. The van der Waals surface area contributed by atoms with Crippen LogP contribution in [0.1, 0.15) is 11.7 Å². The van der Waals surface area contributed by atoms with E-state index in [4.69, 9.17) is 0 Å². The first kappa shape index (κ1) is 20.2. The lowest BCUT2D eigenvalue weighted by molar-refractivity contribution is -0.387. The molecule has 0 bridgehead atoms. The first-order valence-electron chi connectivity index (χ1n) is 8.95. The van der Waals surface area contributed by atoms with Crippen molar-refractivity contribution < 1.29 is 18.4 Å². The zero-order valence-corrected chi connectivity index (χ0v) is 16.4. The predicted molar refractivity (Wildman–Crippen MR) is 106 cm³/mol. The van der Waals surface area contributed by atoms with Gasteiger partial charge in [0.2, 0.25) is 0 Å². The molecule has 0 saturated carbocycles. The second-order valence-corrected chi connectivity index (χ2v) is 8.85. The molecular formula is C19H23N3O5S. The van der Waals surface area contributed by atoms with Crippen LogP contribution in [-0.4, -0.2) is 62.3 Å². The van der Waals surface area contributed by atoms with Crippen LogP contribution in [-0.2, 0) is 9.84 Å². The molecule has 1 N–H and O–H groups in total. The number of sulfone groups is 1. The molecule has 0 aliphatic carbocycles. The minimum atomic E-state index is -3.71. The molecule has 28 heavy (non-hydrogen) atoms. The van der Waals surface area contributed by atoms with Gasteiger partial charge < -0.3 is 10.0 Å². The van der Waals surface area contributed by atoms with Crippen LogP contribution in [0.5, 0.6) is 0 Å². The van der Waals surface area contributed by atoms with Gasteiger partial charge >= 0.3 is 5.69 Å². The Morgan fingerprint density at radius 2 is 1.71 bits per heavy atom. The van der Waals surface area contributed by atoms with Crippen LogP contribution in [0.15, 0.2) is 53.4 Å². The highest BCUT2D eigenvalue weighted by Crippen LogP contribution is 2.35. The Morgan fingerprint density at radius 1 is 1.07 bits per heavy atom. The van der Waals surface area contributed by atoms with Gasteiger partial charge in [-0.1, -0.05) is 36.4 Å². The van der Waals surface area contributed by atoms with E-state index in [0.717, 1.165) is 11.8 Å². The number of anilines is 1. The molecule has 3 rings (SSSR count). The molecule has 0 aromatic heterocycles. The van der Waals surface area contributed by atoms with Gasteiger partial charge in [0.15, 0.2) is 9.84 Å². The van der Waals surface area contributed by atoms with Crippen molar-refractivity contribution in [2.24, 2.45) is 0 Å². The van der Waals surface area contributed by atoms with Crippen LogP contribution in [0, 0.1) is 10.1 Å². The summed E-state index contributed by atoms with van der Waals surface area (Å²) >= 11 is 0. The number of β-amino-alcohol motifs (C(OH)–C–C–N with tert-alkyl or cyclic N) is 1. The monoisotopic (exact) mass is 405 g/mol. The Balaban J connectivity index is 1.72. The van der Waals surface area contributed by atoms with Gasteiger partial charge in [0, 0.05) is 39.0 Å². The third-order valence-corrected chi connectivity index (χ3v) is 6.02. The third-order valence-electron chi connectivity index (χ3n) is 4.89. The van der Waals surface area contributed by atoms with E-state index in [0.29, 0.717) is 38.4 Å². The van der Waals surface area contributed by atoms with Crippen molar-refractivity contribution in [3.8, 4) is 0 Å². The molecule has 0 spiro atoms. The number of hydrogen-bond acceptors (Lipinski definition) is 7. The Labute approximate surface area is 164 Å². The standard InChI is InChI=1S/C19H23N3O5S/c1-28(26,27)18-9-5-8-16(19(18)22(24)25)21-12-10-20(11-13-21)14-17(23)15-6-3-2-4-7-15/h2-9,17,23H,10-14H2,1H3. The second kappa shape index (κ2) is 8.26. The topological polar surface area (TPSA) is 104 Å². The third kappa shape index (κ3) is 4.49. The highest BCUT2D eigenvalue weighted by molar-refractivity contribution is 7.90. The zero-order chi connectivity index (χ0) is 20.3. The fourth-order valence-corrected chi connectivity index (χ4v) is 4.30. The van der Waals surface area contributed by atoms with E-state index in [1.54, 1.807) is 6.07 Å². The number of aliphatic hydroxyl groups is 1. The molecule has 150 valence electrons. The van der Waals surface area contributed by atoms with E-state index in [2.05, 4.69) is 4.90 Å². The summed E-state index contributed by atoms with van der Waals surface area (Å²) in [4.78, 5) is 14.6. The maximum absolute atomic E-state index is 11.9. The summed E-state index contributed by atoms with van der Waals surface area (Å²) in [5.41, 5.74) is 0.792. The lowest BCUT2D eigenvalue weighted by atomic mass is 10.1. The lowest BCUT2D eigenvalue weighted by Crippen LogP contribution is -2.47. The molecule has 2 aromatic carbocycles. The normalized spacial score (nSPS) is 16.7. The van der Waals surface area contributed by atoms with Gasteiger partial charge in [-0.25, -0.2) is 8.42 Å². The number of nitrogens with zero attached hydrogens (tertiary/aromatic N) is 3. The molecule has 8 nitrogen and oxygen atoms in total. The summed E-state index contributed by atoms with van der Waals surface area (Å²) in [7, 11) is -3.71. The minimum Gasteiger partial charge on any atom is -0.387 e. The molecule has 9 heteroatoms. The summed E-state index contributed by atoms with van der Waals surface area (Å²) in [6.07, 6.45) is 0.373. The number of piperazine rings is 1. The number of nitro benzene ring substituents is 1. The zero-order valence-electron chi connectivity index (χ0n) is 15.6. The van der Waals surface area contributed by atoms with Gasteiger partial charge in [-0.05, 0) is 17.7 Å². The fourth-order valence-electron chi connectivity index (χ4n) is 3.45. The van der Waals surface area contributed by atoms with E-state index in [9.17, 15) is 23.6 Å². The molecular weight excluding hydrogens is 382 g/mol. The van der Waals surface area contributed by atoms with Crippen LogP contribution in [0.3, 0.4) is 0 Å². The number of aliphatic hydroxyl groups excluding tert-OH is 1. The predicted octanol–water partition coefficient (Wildman–Crippen LogP) is 1.85. The first-order valence-corrected chi connectivity index (χ1v) is 10.8. The molecule has 1 aliphatic rings. The average molecular weight is 405 g/mol. The van der Waals surface area contributed by atoms with Crippen molar-refractivity contribution >= 4 is 21.2 Å². The SMILES string of the molecule is CS(=O)(=O)c1cccc(N2CCN(CC(O)c3ccccc3)CC2)c1[N+](=O)[O-]. The summed E-state index contributed by atoms with van der Waals surface area (Å²) in [6, 6.07) is 13.8. The summed E-state index contributed by atoms with van der Waals surface area (Å²) in [5.74, 6) is 0. The van der Waals surface area contributed by atoms with Crippen LogP contribution >= 0.6 is 0 Å². The first-order chi connectivity index (χ1) is 13.3. The van der Waals surface area contributed by atoms with Crippen molar-refractivity contribution in [3.63, 3.8) is 0 Å². The van der Waals surface area contributed by atoms with Crippen LogP contribution in [0.4, 0.5) is 11.4 Å². The number of benzene rings is 2. The maximum Gasteiger partial charge on any atom is 0.311 e. The highest BCUT2D eigenvalue weighted by Gasteiger charge is 2.30. The molecule has 1 unspecified atom stereocenters.